The van der Waals surface area contributed by atoms with Crippen LogP contribution in [0.15, 0.2) is 60.8 Å². The second-order valence-corrected chi connectivity index (χ2v) is 6.22. The fourth-order valence-electron chi connectivity index (χ4n) is 3.45. The third-order valence-electron chi connectivity index (χ3n) is 4.58. The Hall–Kier alpha value is -2.61. The molecule has 2 heteroatoms. The molecule has 3 heterocycles. The fourth-order valence-corrected chi connectivity index (χ4v) is 3.45. The van der Waals surface area contributed by atoms with Crippen molar-refractivity contribution in [1.82, 2.24) is 9.55 Å². The van der Waals surface area contributed by atoms with Crippen LogP contribution in [0.4, 0.5) is 0 Å². The van der Waals surface area contributed by atoms with E-state index in [1.54, 1.807) is 0 Å². The van der Waals surface area contributed by atoms with Gasteiger partial charge in [0.2, 0.25) is 0 Å². The van der Waals surface area contributed by atoms with Gasteiger partial charge in [0.15, 0.2) is 0 Å². The van der Waals surface area contributed by atoms with Crippen molar-refractivity contribution in [2.24, 2.45) is 0 Å². The Morgan fingerprint density at radius 1 is 0.840 bits per heavy atom. The van der Waals surface area contributed by atoms with Gasteiger partial charge in [-0.05, 0) is 43.4 Å². The molecule has 1 aliphatic heterocycles. The Morgan fingerprint density at radius 2 is 1.56 bits per heavy atom. The van der Waals surface area contributed by atoms with Gasteiger partial charge in [-0.2, -0.15) is 0 Å². The van der Waals surface area contributed by atoms with E-state index in [9.17, 15) is 0 Å². The Morgan fingerprint density at radius 3 is 2.36 bits per heavy atom. The number of benzene rings is 2. The lowest BCUT2D eigenvalue weighted by Gasteiger charge is -1.96. The van der Waals surface area contributed by atoms with Crippen LogP contribution in [-0.2, 0) is 13.0 Å². The van der Waals surface area contributed by atoms with Crippen LogP contribution in [0, 0.1) is 13.8 Å². The predicted octanol–water partition coefficient (Wildman–Crippen LogP) is 6.08. The number of aromatic nitrogens is 2. The molecule has 0 saturated carbocycles. The van der Waals surface area contributed by atoms with Gasteiger partial charge in [-0.15, -0.1) is 0 Å². The molecule has 0 aliphatic carbocycles. The van der Waals surface area contributed by atoms with Crippen molar-refractivity contribution < 1.29 is 0 Å². The quantitative estimate of drug-likeness (QED) is 0.382. The average molecular weight is 330 g/mol. The summed E-state index contributed by atoms with van der Waals surface area (Å²) in [6.45, 7) is 9.37. The zero-order valence-electron chi connectivity index (χ0n) is 15.6. The summed E-state index contributed by atoms with van der Waals surface area (Å²) in [6, 6.07) is 19.2. The van der Waals surface area contributed by atoms with E-state index in [1.165, 1.54) is 45.9 Å². The smallest absolute Gasteiger partial charge is 0.0515 e. The maximum absolute atomic E-state index is 4.21. The van der Waals surface area contributed by atoms with Crippen LogP contribution in [-0.4, -0.2) is 9.55 Å². The summed E-state index contributed by atoms with van der Waals surface area (Å²) in [4.78, 5) is 4.21. The number of aryl methyl sites for hydroxylation is 4. The monoisotopic (exact) mass is 330 g/mol. The molecule has 0 fully saturated rings. The van der Waals surface area contributed by atoms with Gasteiger partial charge in [0, 0.05) is 34.9 Å². The van der Waals surface area contributed by atoms with Crippen molar-refractivity contribution in [3.63, 3.8) is 0 Å². The maximum atomic E-state index is 4.21. The highest BCUT2D eigenvalue weighted by Crippen LogP contribution is 2.28. The van der Waals surface area contributed by atoms with Crippen molar-refractivity contribution in [2.75, 3.05) is 0 Å². The summed E-state index contributed by atoms with van der Waals surface area (Å²) in [6.07, 6.45) is 3.12. The van der Waals surface area contributed by atoms with Gasteiger partial charge >= 0.3 is 0 Å². The number of hydrogen-bond acceptors (Lipinski definition) is 1. The number of rotatable bonds is 0. The third kappa shape index (κ3) is 3.43. The predicted molar refractivity (Wildman–Crippen MR) is 108 cm³/mol. The van der Waals surface area contributed by atoms with Gasteiger partial charge in [-0.1, -0.05) is 56.3 Å². The van der Waals surface area contributed by atoms with E-state index in [-0.39, 0.29) is 0 Å². The summed E-state index contributed by atoms with van der Waals surface area (Å²) in [5.41, 5.74) is 5.45. The van der Waals surface area contributed by atoms with Crippen LogP contribution in [0.25, 0.3) is 21.7 Å². The Kier molecular flexibility index (Phi) is 5.18. The first-order chi connectivity index (χ1) is 12.2. The molecule has 2 nitrogen and oxygen atoms in total. The minimum Gasteiger partial charge on any atom is -0.344 e. The molecule has 0 unspecified atom stereocenters. The topological polar surface area (TPSA) is 17.8 Å². The normalized spacial score (nSPS) is 11.7. The number of hydrogen-bond donors (Lipinski definition) is 0. The largest absolute Gasteiger partial charge is 0.344 e. The van der Waals surface area contributed by atoms with Crippen molar-refractivity contribution in [3.8, 4) is 0 Å². The lowest BCUT2D eigenvalue weighted by Crippen LogP contribution is -1.92. The van der Waals surface area contributed by atoms with Crippen molar-refractivity contribution in [1.29, 1.82) is 0 Å². The minimum atomic E-state index is 1.07. The molecule has 0 N–H and O–H groups in total. The van der Waals surface area contributed by atoms with Crippen molar-refractivity contribution >= 4 is 21.7 Å². The first-order valence-electron chi connectivity index (χ1n) is 9.11. The number of nitrogens with zero attached hydrogens (tertiary/aromatic N) is 2. The van der Waals surface area contributed by atoms with E-state index in [2.05, 4.69) is 58.9 Å². The highest BCUT2D eigenvalue weighted by Gasteiger charge is 2.14. The van der Waals surface area contributed by atoms with Crippen molar-refractivity contribution in [2.45, 2.75) is 40.7 Å². The van der Waals surface area contributed by atoms with E-state index in [1.807, 2.05) is 39.1 Å². The van der Waals surface area contributed by atoms with Crippen LogP contribution in [0.3, 0.4) is 0 Å². The Bertz CT molecular complexity index is 996. The van der Waals surface area contributed by atoms with Crippen LogP contribution in [0.2, 0.25) is 0 Å². The SMILES string of the molecule is CC.Cc1cc2cccc3c2n1CC3.Cc1cc2ccccc2cn1. The molecule has 0 atom stereocenters. The van der Waals surface area contributed by atoms with E-state index >= 15 is 0 Å². The number of para-hydroxylation sites is 1. The van der Waals surface area contributed by atoms with Crippen LogP contribution in [0.5, 0.6) is 0 Å². The lowest BCUT2D eigenvalue weighted by molar-refractivity contribution is 0.748. The average Bonchev–Trinajstić information content (AvgIpc) is 3.23. The molecule has 128 valence electrons. The first kappa shape index (κ1) is 17.2. The molecule has 4 aromatic rings. The Labute approximate surface area is 150 Å². The van der Waals surface area contributed by atoms with Gasteiger partial charge < -0.3 is 4.57 Å². The van der Waals surface area contributed by atoms with Gasteiger partial charge in [0.05, 0.1) is 5.52 Å². The molecule has 0 spiro atoms. The molecule has 0 saturated heterocycles. The second-order valence-electron chi connectivity index (χ2n) is 6.22. The van der Waals surface area contributed by atoms with Crippen LogP contribution < -0.4 is 0 Å². The summed E-state index contributed by atoms with van der Waals surface area (Å²) >= 11 is 0. The minimum absolute atomic E-state index is 1.07. The maximum Gasteiger partial charge on any atom is 0.0515 e. The molecule has 5 rings (SSSR count). The summed E-state index contributed by atoms with van der Waals surface area (Å²) in [5, 5.41) is 3.88. The standard InChI is InChI=1S/C11H11N.C10H9N.C2H6/c1-8-7-10-4-2-3-9-5-6-12(8)11(9)10;1-8-6-9-4-2-3-5-10(9)7-11-8;1-2/h2-4,7H,5-6H2,1H3;2-7H,1H3;1-2H3. The molecular formula is C23H26N2. The highest BCUT2D eigenvalue weighted by atomic mass is 15.0. The van der Waals surface area contributed by atoms with E-state index < -0.39 is 0 Å². The van der Waals surface area contributed by atoms with Gasteiger partial charge in [-0.25, -0.2) is 0 Å². The number of fused-ring (bicyclic) bond motifs is 1. The second kappa shape index (κ2) is 7.52. The highest BCUT2D eigenvalue weighted by molar-refractivity contribution is 5.85. The zero-order chi connectivity index (χ0) is 17.8. The molecule has 2 aromatic carbocycles. The summed E-state index contributed by atoms with van der Waals surface area (Å²) < 4.78 is 2.42. The molecule has 0 amide bonds. The fraction of sp³-hybridized carbons (Fsp3) is 0.261. The zero-order valence-corrected chi connectivity index (χ0v) is 15.6. The molecule has 0 radical (unpaired) electrons. The Balaban J connectivity index is 0.000000133. The lowest BCUT2D eigenvalue weighted by atomic mass is 10.1. The van der Waals surface area contributed by atoms with Gasteiger partial charge in [0.25, 0.3) is 0 Å². The molecule has 0 bridgehead atoms. The van der Waals surface area contributed by atoms with Gasteiger partial charge in [-0.3, -0.25) is 4.98 Å². The van der Waals surface area contributed by atoms with Crippen LogP contribution in [0.1, 0.15) is 30.8 Å². The molecule has 2 aromatic heterocycles. The summed E-state index contributed by atoms with van der Waals surface area (Å²) in [5.74, 6) is 0. The molecule has 1 aliphatic rings. The number of pyridine rings is 1. The van der Waals surface area contributed by atoms with Gasteiger partial charge in [0.1, 0.15) is 0 Å². The molecular weight excluding hydrogens is 304 g/mol. The van der Waals surface area contributed by atoms with E-state index in [4.69, 9.17) is 0 Å². The third-order valence-corrected chi connectivity index (χ3v) is 4.58. The summed E-state index contributed by atoms with van der Waals surface area (Å²) in [7, 11) is 0. The first-order valence-corrected chi connectivity index (χ1v) is 9.11. The van der Waals surface area contributed by atoms with E-state index in [0.29, 0.717) is 0 Å². The van der Waals surface area contributed by atoms with Crippen molar-refractivity contribution in [3.05, 3.63) is 77.7 Å². The van der Waals surface area contributed by atoms with E-state index in [0.717, 1.165) is 5.69 Å². The molecule has 25 heavy (non-hydrogen) atoms. The van der Waals surface area contributed by atoms with Crippen LogP contribution >= 0.6 is 0 Å².